The van der Waals surface area contributed by atoms with Gasteiger partial charge in [-0.05, 0) is 36.1 Å². The molecule has 1 amide bonds. The van der Waals surface area contributed by atoms with Crippen LogP contribution in [0.2, 0.25) is 0 Å². The standard InChI is InChI=1S/C23H23BrN4O2/c1-14(2)11-16-7-9-17(10-8-16)20-13-21(26-25-20)22-27-28(15(3)29)23(30-22)18-5-4-6-19(24)12-18/h4-10,12-14,23H,11H2,1-3H3,(H,25,26). The fraction of sp³-hybridized carbons (Fsp3) is 0.261. The van der Waals surface area contributed by atoms with Crippen molar-refractivity contribution in [3.63, 3.8) is 0 Å². The molecule has 0 fully saturated rings. The van der Waals surface area contributed by atoms with Gasteiger partial charge in [-0.2, -0.15) is 10.1 Å². The molecule has 1 atom stereocenters. The van der Waals surface area contributed by atoms with E-state index < -0.39 is 6.23 Å². The van der Waals surface area contributed by atoms with Gasteiger partial charge in [-0.1, -0.05) is 66.2 Å². The average Bonchev–Trinajstić information content (AvgIpc) is 3.36. The van der Waals surface area contributed by atoms with Crippen LogP contribution in [-0.2, 0) is 16.0 Å². The van der Waals surface area contributed by atoms with E-state index in [1.165, 1.54) is 17.5 Å². The van der Waals surface area contributed by atoms with E-state index in [4.69, 9.17) is 4.74 Å². The molecule has 3 aromatic rings. The highest BCUT2D eigenvalue weighted by atomic mass is 79.9. The van der Waals surface area contributed by atoms with Crippen molar-refractivity contribution < 1.29 is 9.53 Å². The van der Waals surface area contributed by atoms with Gasteiger partial charge < -0.3 is 4.74 Å². The number of benzene rings is 2. The number of halogens is 1. The van der Waals surface area contributed by atoms with E-state index in [1.807, 2.05) is 30.3 Å². The number of hydrogen-bond acceptors (Lipinski definition) is 4. The zero-order valence-electron chi connectivity index (χ0n) is 17.1. The highest BCUT2D eigenvalue weighted by molar-refractivity contribution is 9.10. The summed E-state index contributed by atoms with van der Waals surface area (Å²) in [6, 6.07) is 17.9. The van der Waals surface area contributed by atoms with Gasteiger partial charge in [0.2, 0.25) is 12.1 Å². The number of hydrogen-bond donors (Lipinski definition) is 1. The summed E-state index contributed by atoms with van der Waals surface area (Å²) in [5.74, 6) is 0.758. The predicted octanol–water partition coefficient (Wildman–Crippen LogP) is 5.28. The SMILES string of the molecule is CC(=O)N1N=C(c2cc(-c3ccc(CC(C)C)cc3)n[nH]2)OC1c1cccc(Br)c1. The van der Waals surface area contributed by atoms with Gasteiger partial charge in [0.1, 0.15) is 5.69 Å². The molecule has 0 spiro atoms. The minimum atomic E-state index is -0.614. The van der Waals surface area contributed by atoms with E-state index in [0.717, 1.165) is 27.7 Å². The zero-order chi connectivity index (χ0) is 21.3. The van der Waals surface area contributed by atoms with Gasteiger partial charge in [0.15, 0.2) is 0 Å². The lowest BCUT2D eigenvalue weighted by Crippen LogP contribution is -2.25. The van der Waals surface area contributed by atoms with E-state index in [2.05, 4.69) is 69.3 Å². The summed E-state index contributed by atoms with van der Waals surface area (Å²) in [6.45, 7) is 5.89. The Morgan fingerprint density at radius 2 is 1.97 bits per heavy atom. The van der Waals surface area contributed by atoms with Gasteiger partial charge in [0.25, 0.3) is 5.90 Å². The Kier molecular flexibility index (Phi) is 5.72. The first-order chi connectivity index (χ1) is 14.4. The number of nitrogens with one attached hydrogen (secondary N) is 1. The van der Waals surface area contributed by atoms with Gasteiger partial charge in [-0.25, -0.2) is 0 Å². The van der Waals surface area contributed by atoms with Crippen molar-refractivity contribution >= 4 is 27.7 Å². The number of rotatable bonds is 5. The van der Waals surface area contributed by atoms with Crippen LogP contribution in [0.4, 0.5) is 0 Å². The molecule has 154 valence electrons. The monoisotopic (exact) mass is 466 g/mol. The summed E-state index contributed by atoms with van der Waals surface area (Å²) >= 11 is 3.46. The van der Waals surface area contributed by atoms with Crippen molar-refractivity contribution in [2.75, 3.05) is 0 Å². The second-order valence-electron chi connectivity index (χ2n) is 7.76. The summed E-state index contributed by atoms with van der Waals surface area (Å²) in [5.41, 5.74) is 4.57. The van der Waals surface area contributed by atoms with E-state index in [-0.39, 0.29) is 5.91 Å². The predicted molar refractivity (Wildman–Crippen MR) is 120 cm³/mol. The Bertz CT molecular complexity index is 1090. The number of nitrogens with zero attached hydrogens (tertiary/aromatic N) is 3. The highest BCUT2D eigenvalue weighted by Crippen LogP contribution is 2.32. The molecule has 1 aliphatic rings. The molecule has 2 heterocycles. The summed E-state index contributed by atoms with van der Waals surface area (Å²) in [6.07, 6.45) is 0.436. The van der Waals surface area contributed by atoms with Gasteiger partial charge >= 0.3 is 0 Å². The molecule has 1 N–H and O–H groups in total. The Labute approximate surface area is 184 Å². The minimum absolute atomic E-state index is 0.199. The summed E-state index contributed by atoms with van der Waals surface area (Å²) in [7, 11) is 0. The van der Waals surface area contributed by atoms with Gasteiger partial charge in [0.05, 0.1) is 5.69 Å². The van der Waals surface area contributed by atoms with Gasteiger partial charge in [-0.3, -0.25) is 9.89 Å². The number of H-pyrrole nitrogens is 1. The Morgan fingerprint density at radius 1 is 1.20 bits per heavy atom. The number of hydrazone groups is 1. The summed E-state index contributed by atoms with van der Waals surface area (Å²) in [5, 5.41) is 13.1. The molecular weight excluding hydrogens is 444 g/mol. The summed E-state index contributed by atoms with van der Waals surface area (Å²) in [4.78, 5) is 12.1. The second-order valence-corrected chi connectivity index (χ2v) is 8.67. The number of carbonyl (C=O) groups excluding carboxylic acids is 1. The molecule has 4 rings (SSSR count). The lowest BCUT2D eigenvalue weighted by Gasteiger charge is -2.19. The van der Waals surface area contributed by atoms with Crippen LogP contribution in [0.3, 0.4) is 0 Å². The number of aromatic amines is 1. The molecule has 0 bridgehead atoms. The molecule has 1 aromatic heterocycles. The van der Waals surface area contributed by atoms with Crippen molar-refractivity contribution in [3.8, 4) is 11.3 Å². The molecule has 0 saturated heterocycles. The molecule has 6 nitrogen and oxygen atoms in total. The maximum Gasteiger partial charge on any atom is 0.259 e. The lowest BCUT2D eigenvalue weighted by atomic mass is 10.0. The van der Waals surface area contributed by atoms with Gasteiger partial charge in [-0.15, -0.1) is 5.10 Å². The van der Waals surface area contributed by atoms with Crippen molar-refractivity contribution in [3.05, 3.63) is 75.9 Å². The molecule has 0 saturated carbocycles. The fourth-order valence-corrected chi connectivity index (χ4v) is 3.83. The molecule has 2 aromatic carbocycles. The maximum absolute atomic E-state index is 12.1. The number of carbonyl (C=O) groups is 1. The van der Waals surface area contributed by atoms with Crippen LogP contribution in [0.25, 0.3) is 11.3 Å². The van der Waals surface area contributed by atoms with E-state index in [1.54, 1.807) is 0 Å². The van der Waals surface area contributed by atoms with Crippen LogP contribution in [0.5, 0.6) is 0 Å². The van der Waals surface area contributed by atoms with Crippen molar-refractivity contribution in [2.24, 2.45) is 11.0 Å². The normalized spacial score (nSPS) is 16.0. The minimum Gasteiger partial charge on any atom is -0.445 e. The first-order valence-corrected chi connectivity index (χ1v) is 10.7. The zero-order valence-corrected chi connectivity index (χ0v) is 18.7. The quantitative estimate of drug-likeness (QED) is 0.555. The fourth-order valence-electron chi connectivity index (χ4n) is 3.41. The average molecular weight is 467 g/mol. The van der Waals surface area contributed by atoms with Crippen molar-refractivity contribution in [1.82, 2.24) is 15.2 Å². The number of ether oxygens (including phenoxy) is 1. The van der Waals surface area contributed by atoms with Crippen LogP contribution < -0.4 is 0 Å². The molecule has 1 aliphatic heterocycles. The largest absolute Gasteiger partial charge is 0.445 e. The van der Waals surface area contributed by atoms with E-state index >= 15 is 0 Å². The van der Waals surface area contributed by atoms with Crippen LogP contribution in [0, 0.1) is 5.92 Å². The van der Waals surface area contributed by atoms with Crippen molar-refractivity contribution in [2.45, 2.75) is 33.4 Å². The lowest BCUT2D eigenvalue weighted by molar-refractivity contribution is -0.135. The topological polar surface area (TPSA) is 70.6 Å². The molecule has 0 aliphatic carbocycles. The first-order valence-electron chi connectivity index (χ1n) is 9.86. The Balaban J connectivity index is 1.57. The van der Waals surface area contributed by atoms with Gasteiger partial charge in [0, 0.05) is 22.5 Å². The van der Waals surface area contributed by atoms with Crippen LogP contribution in [-0.4, -0.2) is 27.0 Å². The number of aromatic nitrogens is 2. The molecular formula is C23H23BrN4O2. The van der Waals surface area contributed by atoms with Crippen LogP contribution >= 0.6 is 15.9 Å². The smallest absolute Gasteiger partial charge is 0.259 e. The third kappa shape index (κ3) is 4.31. The molecule has 30 heavy (non-hydrogen) atoms. The van der Waals surface area contributed by atoms with Crippen molar-refractivity contribution in [1.29, 1.82) is 0 Å². The van der Waals surface area contributed by atoms with E-state index in [9.17, 15) is 4.79 Å². The third-order valence-electron chi connectivity index (χ3n) is 4.80. The first kappa shape index (κ1) is 20.3. The molecule has 1 unspecified atom stereocenters. The summed E-state index contributed by atoms with van der Waals surface area (Å²) < 4.78 is 6.95. The Morgan fingerprint density at radius 3 is 2.63 bits per heavy atom. The second kappa shape index (κ2) is 8.44. The van der Waals surface area contributed by atoms with Crippen LogP contribution in [0.1, 0.15) is 43.8 Å². The van der Waals surface area contributed by atoms with Crippen LogP contribution in [0.15, 0.2) is 64.2 Å². The highest BCUT2D eigenvalue weighted by Gasteiger charge is 2.34. The number of amides is 1. The van der Waals surface area contributed by atoms with E-state index in [0.29, 0.717) is 17.5 Å². The third-order valence-corrected chi connectivity index (χ3v) is 5.30. The Hall–Kier alpha value is -2.93. The molecule has 0 radical (unpaired) electrons. The molecule has 7 heteroatoms. The maximum atomic E-state index is 12.1.